The van der Waals surface area contributed by atoms with E-state index in [9.17, 15) is 15.0 Å². The Morgan fingerprint density at radius 3 is 2.55 bits per heavy atom. The van der Waals surface area contributed by atoms with Crippen molar-refractivity contribution in [2.45, 2.75) is 37.5 Å². The summed E-state index contributed by atoms with van der Waals surface area (Å²) in [5.41, 5.74) is 1.11. The number of aliphatic hydroxyl groups excluding tert-OH is 1. The number of rotatable bonds is 5. The molecule has 1 amide bonds. The third-order valence-electron chi connectivity index (χ3n) is 4.53. The Balaban J connectivity index is 0.00000176. The molecular formula is C16H23ClN2O3. The minimum Gasteiger partial charge on any atom is -0.465 e. The molecule has 1 aliphatic heterocycles. The second-order valence-electron chi connectivity index (χ2n) is 6.11. The summed E-state index contributed by atoms with van der Waals surface area (Å²) in [6.45, 7) is 0.900. The Hall–Kier alpha value is -1.30. The Morgan fingerprint density at radius 2 is 1.95 bits per heavy atom. The summed E-state index contributed by atoms with van der Waals surface area (Å²) in [6.07, 6.45) is 1.51. The van der Waals surface area contributed by atoms with Crippen molar-refractivity contribution in [2.24, 2.45) is 5.92 Å². The third-order valence-corrected chi connectivity index (χ3v) is 4.53. The van der Waals surface area contributed by atoms with Crippen LogP contribution in [-0.4, -0.2) is 52.5 Å². The number of nitrogens with one attached hydrogen (secondary N) is 1. The average molecular weight is 327 g/mol. The zero-order chi connectivity index (χ0) is 14.8. The second kappa shape index (κ2) is 7.31. The molecule has 1 saturated carbocycles. The van der Waals surface area contributed by atoms with Gasteiger partial charge in [-0.3, -0.25) is 0 Å². The number of β-amino-alcohol motifs (C(OH)–C–C–N with tert-alkyl or cyclic N) is 1. The second-order valence-corrected chi connectivity index (χ2v) is 6.11. The van der Waals surface area contributed by atoms with Crippen LogP contribution in [0.5, 0.6) is 0 Å². The van der Waals surface area contributed by atoms with Gasteiger partial charge in [0.1, 0.15) is 0 Å². The molecule has 1 saturated heterocycles. The van der Waals surface area contributed by atoms with Crippen LogP contribution >= 0.6 is 12.4 Å². The molecule has 6 heteroatoms. The van der Waals surface area contributed by atoms with Crippen LogP contribution < -0.4 is 5.32 Å². The molecule has 3 N–H and O–H groups in total. The van der Waals surface area contributed by atoms with E-state index in [4.69, 9.17) is 0 Å². The van der Waals surface area contributed by atoms with Crippen molar-refractivity contribution in [2.75, 3.05) is 13.1 Å². The lowest BCUT2D eigenvalue weighted by molar-refractivity contribution is 0.130. The molecule has 1 aromatic rings. The maximum Gasteiger partial charge on any atom is 0.407 e. The van der Waals surface area contributed by atoms with Crippen LogP contribution in [0.3, 0.4) is 0 Å². The minimum atomic E-state index is -0.941. The van der Waals surface area contributed by atoms with Gasteiger partial charge >= 0.3 is 6.09 Å². The quantitative estimate of drug-likeness (QED) is 0.770. The van der Waals surface area contributed by atoms with E-state index >= 15 is 0 Å². The van der Waals surface area contributed by atoms with Gasteiger partial charge in [0.2, 0.25) is 0 Å². The summed E-state index contributed by atoms with van der Waals surface area (Å²) >= 11 is 0. The van der Waals surface area contributed by atoms with Crippen LogP contribution in [0.1, 0.15) is 18.4 Å². The fourth-order valence-corrected chi connectivity index (χ4v) is 3.16. The van der Waals surface area contributed by atoms with E-state index in [1.807, 2.05) is 30.3 Å². The number of carboxylic acid groups (broad SMARTS) is 1. The number of hydrogen-bond acceptors (Lipinski definition) is 3. The number of likely N-dealkylation sites (tertiary alicyclic amines) is 1. The van der Waals surface area contributed by atoms with Crippen LogP contribution in [0.15, 0.2) is 30.3 Å². The number of nitrogens with zero attached hydrogens (tertiary/aromatic N) is 1. The van der Waals surface area contributed by atoms with Gasteiger partial charge in [0.25, 0.3) is 0 Å². The van der Waals surface area contributed by atoms with Gasteiger partial charge in [0.05, 0.1) is 12.6 Å². The molecule has 3 rings (SSSR count). The van der Waals surface area contributed by atoms with E-state index in [1.165, 1.54) is 17.7 Å². The summed E-state index contributed by atoms with van der Waals surface area (Å²) in [7, 11) is 0. The van der Waals surface area contributed by atoms with Gasteiger partial charge in [0, 0.05) is 24.5 Å². The molecule has 0 bridgehead atoms. The molecule has 122 valence electrons. The molecule has 1 unspecified atom stereocenters. The number of benzene rings is 1. The highest BCUT2D eigenvalue weighted by Gasteiger charge is 2.43. The predicted molar refractivity (Wildman–Crippen MR) is 86.4 cm³/mol. The van der Waals surface area contributed by atoms with Crippen molar-refractivity contribution in [3.8, 4) is 0 Å². The van der Waals surface area contributed by atoms with Crippen LogP contribution in [0, 0.1) is 5.92 Å². The lowest BCUT2D eigenvalue weighted by Gasteiger charge is -2.26. The highest BCUT2D eigenvalue weighted by molar-refractivity contribution is 5.85. The van der Waals surface area contributed by atoms with Gasteiger partial charge in [-0.15, -0.1) is 12.4 Å². The van der Waals surface area contributed by atoms with Gasteiger partial charge in [-0.05, 0) is 24.8 Å². The van der Waals surface area contributed by atoms with Crippen molar-refractivity contribution in [1.82, 2.24) is 10.2 Å². The Bertz CT molecular complexity index is 495. The number of amides is 1. The topological polar surface area (TPSA) is 72.8 Å². The average Bonchev–Trinajstić information content (AvgIpc) is 3.24. The zero-order valence-corrected chi connectivity index (χ0v) is 13.2. The van der Waals surface area contributed by atoms with Crippen molar-refractivity contribution in [1.29, 1.82) is 0 Å². The maximum atomic E-state index is 11.4. The van der Waals surface area contributed by atoms with Crippen LogP contribution in [0.2, 0.25) is 0 Å². The van der Waals surface area contributed by atoms with Gasteiger partial charge in [-0.25, -0.2) is 4.79 Å². The number of carbonyl (C=O) groups is 1. The van der Waals surface area contributed by atoms with Crippen LogP contribution in [-0.2, 0) is 6.42 Å². The molecule has 22 heavy (non-hydrogen) atoms. The Labute approximate surface area is 136 Å². The Kier molecular flexibility index (Phi) is 5.67. The summed E-state index contributed by atoms with van der Waals surface area (Å²) in [4.78, 5) is 12.8. The van der Waals surface area contributed by atoms with E-state index in [1.54, 1.807) is 0 Å². The fourth-order valence-electron chi connectivity index (χ4n) is 3.16. The molecule has 3 atom stereocenters. The maximum absolute atomic E-state index is 11.4. The van der Waals surface area contributed by atoms with Gasteiger partial charge in [-0.1, -0.05) is 30.3 Å². The first-order chi connectivity index (χ1) is 10.1. The molecule has 0 aromatic heterocycles. The van der Waals surface area contributed by atoms with E-state index in [0.717, 1.165) is 5.56 Å². The predicted octanol–water partition coefficient (Wildman–Crippen LogP) is 1.74. The molecule has 0 radical (unpaired) electrons. The first-order valence-electron chi connectivity index (χ1n) is 7.60. The molecule has 5 nitrogen and oxygen atoms in total. The lowest BCUT2D eigenvalue weighted by atomic mass is 9.92. The summed E-state index contributed by atoms with van der Waals surface area (Å²) in [5.74, 6) is -0.0399. The van der Waals surface area contributed by atoms with Crippen LogP contribution in [0.25, 0.3) is 0 Å². The van der Waals surface area contributed by atoms with Gasteiger partial charge < -0.3 is 20.4 Å². The molecule has 2 aliphatic rings. The third kappa shape index (κ3) is 3.91. The molecule has 2 fully saturated rings. The molecule has 1 aromatic carbocycles. The lowest BCUT2D eigenvalue weighted by Crippen LogP contribution is -2.42. The van der Waals surface area contributed by atoms with Crippen molar-refractivity contribution >= 4 is 18.5 Å². The van der Waals surface area contributed by atoms with Gasteiger partial charge in [0.15, 0.2) is 0 Å². The summed E-state index contributed by atoms with van der Waals surface area (Å²) in [5, 5.41) is 23.1. The van der Waals surface area contributed by atoms with Crippen molar-refractivity contribution in [3.05, 3.63) is 35.9 Å². The van der Waals surface area contributed by atoms with E-state index in [0.29, 0.717) is 19.0 Å². The van der Waals surface area contributed by atoms with E-state index in [2.05, 4.69) is 5.32 Å². The van der Waals surface area contributed by atoms with E-state index < -0.39 is 12.2 Å². The van der Waals surface area contributed by atoms with Crippen LogP contribution in [0.4, 0.5) is 4.79 Å². The minimum absolute atomic E-state index is 0. The normalized spacial score (nSPS) is 27.5. The SMILES string of the molecule is Cl.O=C(O)N1C[C@@H](O)[C@@H](CNC2CC2)C1Cc1ccccc1. The first-order valence-corrected chi connectivity index (χ1v) is 7.60. The monoisotopic (exact) mass is 326 g/mol. The van der Waals surface area contributed by atoms with Gasteiger partial charge in [-0.2, -0.15) is 0 Å². The van der Waals surface area contributed by atoms with E-state index in [-0.39, 0.29) is 30.9 Å². The molecule has 0 spiro atoms. The highest BCUT2D eigenvalue weighted by atomic mass is 35.5. The summed E-state index contributed by atoms with van der Waals surface area (Å²) in [6, 6.07) is 10.3. The largest absolute Gasteiger partial charge is 0.465 e. The standard InChI is InChI=1S/C16H22N2O3.ClH/c19-15-10-18(16(20)21)14(8-11-4-2-1-3-5-11)13(15)9-17-12-6-7-12;/h1-5,12-15,17,19H,6-10H2,(H,20,21);1H/t13-,14?,15+;/m0./s1. The smallest absolute Gasteiger partial charge is 0.407 e. The number of aliphatic hydroxyl groups is 1. The molecule has 1 aliphatic carbocycles. The van der Waals surface area contributed by atoms with Crippen molar-refractivity contribution < 1.29 is 15.0 Å². The highest BCUT2D eigenvalue weighted by Crippen LogP contribution is 2.29. The molecule has 1 heterocycles. The number of hydrogen-bond donors (Lipinski definition) is 3. The Morgan fingerprint density at radius 1 is 1.27 bits per heavy atom. The molecular weight excluding hydrogens is 304 g/mol. The summed E-state index contributed by atoms with van der Waals surface area (Å²) < 4.78 is 0. The number of halogens is 1. The first kappa shape index (κ1) is 17.1. The fraction of sp³-hybridized carbons (Fsp3) is 0.562. The van der Waals surface area contributed by atoms with Crippen molar-refractivity contribution in [3.63, 3.8) is 0 Å². The zero-order valence-electron chi connectivity index (χ0n) is 12.4.